The summed E-state index contributed by atoms with van der Waals surface area (Å²) in [6, 6.07) is 0. The van der Waals surface area contributed by atoms with E-state index >= 15 is 0 Å². The van der Waals surface area contributed by atoms with Gasteiger partial charge in [-0.15, -0.1) is 11.3 Å². The predicted molar refractivity (Wildman–Crippen MR) is 114 cm³/mol. The molecular weight excluding hydrogens is 374 g/mol. The third-order valence-electron chi connectivity index (χ3n) is 4.25. The topological polar surface area (TPSA) is 105 Å². The highest BCUT2D eigenvalue weighted by molar-refractivity contribution is 7.11. The van der Waals surface area contributed by atoms with Crippen molar-refractivity contribution >= 4 is 34.1 Å². The van der Waals surface area contributed by atoms with Crippen LogP contribution in [-0.2, 0) is 13.5 Å². The van der Waals surface area contributed by atoms with Gasteiger partial charge >= 0.3 is 0 Å². The van der Waals surface area contributed by atoms with Gasteiger partial charge in [-0.05, 0) is 20.8 Å². The van der Waals surface area contributed by atoms with E-state index in [1.807, 2.05) is 14.0 Å². The smallest absolute Gasteiger partial charge is 0.191 e. The van der Waals surface area contributed by atoms with Crippen LogP contribution >= 0.6 is 11.3 Å². The first kappa shape index (κ1) is 20.0. The molecule has 0 aromatic carbocycles. The maximum atomic E-state index is 4.64. The summed E-state index contributed by atoms with van der Waals surface area (Å²) >= 11 is 1.75. The van der Waals surface area contributed by atoms with E-state index in [1.54, 1.807) is 28.5 Å². The lowest BCUT2D eigenvalue weighted by molar-refractivity contribution is 0.785. The van der Waals surface area contributed by atoms with Crippen molar-refractivity contribution in [2.45, 2.75) is 27.2 Å². The van der Waals surface area contributed by atoms with Gasteiger partial charge < -0.3 is 16.0 Å². The van der Waals surface area contributed by atoms with Crippen molar-refractivity contribution in [1.82, 2.24) is 35.4 Å². The Morgan fingerprint density at radius 3 is 2.82 bits per heavy atom. The van der Waals surface area contributed by atoms with E-state index in [1.165, 1.54) is 4.88 Å². The van der Waals surface area contributed by atoms with Gasteiger partial charge in [0.1, 0.15) is 12.1 Å². The Morgan fingerprint density at radius 2 is 2.07 bits per heavy atom. The van der Waals surface area contributed by atoms with Crippen molar-refractivity contribution < 1.29 is 0 Å². The Labute approximate surface area is 168 Å². The normalized spacial score (nSPS) is 11.8. The predicted octanol–water partition coefficient (Wildman–Crippen LogP) is 1.65. The highest BCUT2D eigenvalue weighted by atomic mass is 32.1. The van der Waals surface area contributed by atoms with Gasteiger partial charge in [-0.2, -0.15) is 5.10 Å². The molecule has 0 spiro atoms. The fraction of sp³-hybridized carbons (Fsp3) is 0.500. The Morgan fingerprint density at radius 1 is 1.21 bits per heavy atom. The van der Waals surface area contributed by atoms with Crippen LogP contribution in [0.2, 0.25) is 0 Å². The van der Waals surface area contributed by atoms with E-state index < -0.39 is 0 Å². The number of anilines is 1. The zero-order valence-corrected chi connectivity index (χ0v) is 17.6. The molecule has 0 fully saturated rings. The number of aryl methyl sites for hydroxylation is 3. The number of aromatic nitrogens is 5. The van der Waals surface area contributed by atoms with Crippen LogP contribution in [0, 0.1) is 13.8 Å². The number of nitrogens with zero attached hydrogens (tertiary/aromatic N) is 6. The molecule has 3 aromatic rings. The first-order valence-electron chi connectivity index (χ1n) is 9.40. The van der Waals surface area contributed by atoms with Crippen LogP contribution in [0.4, 0.5) is 5.82 Å². The zero-order chi connectivity index (χ0) is 19.9. The Hall–Kier alpha value is -2.75. The number of hydrogen-bond donors (Lipinski definition) is 3. The molecule has 3 heterocycles. The number of hydrogen-bond acceptors (Lipinski definition) is 7. The van der Waals surface area contributed by atoms with E-state index in [2.05, 4.69) is 54.8 Å². The van der Waals surface area contributed by atoms with Crippen molar-refractivity contribution in [3.8, 4) is 0 Å². The van der Waals surface area contributed by atoms with E-state index in [0.717, 1.165) is 46.5 Å². The first-order valence-corrected chi connectivity index (χ1v) is 10.2. The van der Waals surface area contributed by atoms with Crippen LogP contribution < -0.4 is 16.0 Å². The van der Waals surface area contributed by atoms with Crippen molar-refractivity contribution in [1.29, 1.82) is 0 Å². The van der Waals surface area contributed by atoms with Gasteiger partial charge in [-0.25, -0.2) is 15.0 Å². The largest absolute Gasteiger partial charge is 0.368 e. The summed E-state index contributed by atoms with van der Waals surface area (Å²) in [5, 5.41) is 16.2. The summed E-state index contributed by atoms with van der Waals surface area (Å²) in [7, 11) is 1.87. The first-order chi connectivity index (χ1) is 13.6. The minimum atomic E-state index is 0.705. The molecule has 0 amide bonds. The lowest BCUT2D eigenvalue weighted by atomic mass is 10.4. The van der Waals surface area contributed by atoms with Crippen molar-refractivity contribution in [2.75, 3.05) is 31.5 Å². The van der Waals surface area contributed by atoms with Gasteiger partial charge in [0.25, 0.3) is 0 Å². The van der Waals surface area contributed by atoms with Crippen LogP contribution in [0.15, 0.2) is 17.5 Å². The summed E-state index contributed by atoms with van der Waals surface area (Å²) in [6.45, 7) is 9.16. The van der Waals surface area contributed by atoms with E-state index in [-0.39, 0.29) is 0 Å². The monoisotopic (exact) mass is 401 g/mol. The highest BCUT2D eigenvalue weighted by Gasteiger charge is 2.07. The van der Waals surface area contributed by atoms with Gasteiger partial charge in [0, 0.05) is 44.5 Å². The minimum absolute atomic E-state index is 0.705. The summed E-state index contributed by atoms with van der Waals surface area (Å²) in [6.07, 6.45) is 4.18. The molecule has 0 bridgehead atoms. The number of guanidine groups is 1. The number of thiazole rings is 1. The molecule has 0 unspecified atom stereocenters. The van der Waals surface area contributed by atoms with E-state index in [0.29, 0.717) is 19.6 Å². The number of rotatable bonds is 8. The van der Waals surface area contributed by atoms with E-state index in [4.69, 9.17) is 0 Å². The molecule has 3 aromatic heterocycles. The van der Waals surface area contributed by atoms with Gasteiger partial charge in [0.15, 0.2) is 11.6 Å². The maximum absolute atomic E-state index is 4.64. The average molecular weight is 402 g/mol. The number of fused-ring (bicyclic) bond motifs is 1. The quantitative estimate of drug-likeness (QED) is 0.299. The molecule has 0 aliphatic rings. The molecule has 0 radical (unpaired) electrons. The molecular formula is C18H27N9S. The van der Waals surface area contributed by atoms with Gasteiger partial charge in [0.2, 0.25) is 0 Å². The Kier molecular flexibility index (Phi) is 6.75. The molecule has 150 valence electrons. The average Bonchev–Trinajstić information content (AvgIpc) is 3.21. The third-order valence-corrected chi connectivity index (χ3v) is 5.38. The minimum Gasteiger partial charge on any atom is -0.368 e. The second kappa shape index (κ2) is 9.45. The fourth-order valence-electron chi connectivity index (χ4n) is 2.72. The molecule has 0 saturated heterocycles. The molecule has 0 aliphatic carbocycles. The molecule has 0 atom stereocenters. The third kappa shape index (κ3) is 4.94. The van der Waals surface area contributed by atoms with Crippen LogP contribution in [0.25, 0.3) is 11.0 Å². The fourth-order valence-corrected chi connectivity index (χ4v) is 3.64. The summed E-state index contributed by atoms with van der Waals surface area (Å²) in [5.41, 5.74) is 1.93. The summed E-state index contributed by atoms with van der Waals surface area (Å²) in [5.74, 6) is 1.60. The van der Waals surface area contributed by atoms with Crippen LogP contribution in [0.5, 0.6) is 0 Å². The van der Waals surface area contributed by atoms with Crippen molar-refractivity contribution in [3.63, 3.8) is 0 Å². The van der Waals surface area contributed by atoms with Gasteiger partial charge in [0.05, 0.1) is 22.3 Å². The van der Waals surface area contributed by atoms with Crippen LogP contribution in [0.3, 0.4) is 0 Å². The molecule has 28 heavy (non-hydrogen) atoms. The standard InChI is InChI=1S/C18H27N9S/c1-5-19-18(21-7-6-15-26-12(2)13(3)28-15)22-9-8-20-16-14-10-25-27(4)17(14)24-11-23-16/h10-11H,5-9H2,1-4H3,(H2,19,21,22)(H,20,23,24). The van der Waals surface area contributed by atoms with Crippen LogP contribution in [-0.4, -0.2) is 56.9 Å². The summed E-state index contributed by atoms with van der Waals surface area (Å²) < 4.78 is 1.74. The number of aliphatic imine (C=N–C) groups is 1. The molecule has 3 N–H and O–H groups in total. The van der Waals surface area contributed by atoms with Crippen LogP contribution in [0.1, 0.15) is 22.5 Å². The molecule has 0 saturated carbocycles. The molecule has 9 nitrogen and oxygen atoms in total. The Balaban J connectivity index is 1.48. The molecule has 0 aliphatic heterocycles. The molecule has 3 rings (SSSR count). The van der Waals surface area contributed by atoms with Gasteiger partial charge in [-0.1, -0.05) is 0 Å². The zero-order valence-electron chi connectivity index (χ0n) is 16.8. The summed E-state index contributed by atoms with van der Waals surface area (Å²) in [4.78, 5) is 19.0. The second-order valence-corrected chi connectivity index (χ2v) is 7.63. The van der Waals surface area contributed by atoms with Crippen molar-refractivity contribution in [2.24, 2.45) is 12.0 Å². The lowest BCUT2D eigenvalue weighted by Crippen LogP contribution is -2.39. The lowest BCUT2D eigenvalue weighted by Gasteiger charge is -2.12. The SMILES string of the molecule is CCNC(=NCCc1nc(C)c(C)s1)NCCNc1ncnc2c1cnn2C. The van der Waals surface area contributed by atoms with Crippen molar-refractivity contribution in [3.05, 3.63) is 28.1 Å². The number of nitrogens with one attached hydrogen (secondary N) is 3. The Bertz CT molecular complexity index is 924. The highest BCUT2D eigenvalue weighted by Crippen LogP contribution is 2.17. The van der Waals surface area contributed by atoms with Gasteiger partial charge in [-0.3, -0.25) is 9.67 Å². The second-order valence-electron chi connectivity index (χ2n) is 6.34. The van der Waals surface area contributed by atoms with E-state index in [9.17, 15) is 0 Å². The molecule has 10 heteroatoms. The maximum Gasteiger partial charge on any atom is 0.191 e.